The maximum Gasteiger partial charge on any atom is 0.220 e. The molecule has 0 aliphatic heterocycles. The Labute approximate surface area is 204 Å². The average Bonchev–Trinajstić information content (AvgIpc) is 2.82. The molecule has 1 amide bonds. The fraction of sp³-hybridized carbons (Fsp3) is 0.893. The van der Waals surface area contributed by atoms with Gasteiger partial charge in [-0.3, -0.25) is 4.79 Å². The van der Waals surface area contributed by atoms with E-state index in [9.17, 15) is 20.1 Å². The van der Waals surface area contributed by atoms with Crippen molar-refractivity contribution in [2.24, 2.45) is 0 Å². The van der Waals surface area contributed by atoms with E-state index in [0.29, 0.717) is 12.8 Å². The lowest BCUT2D eigenvalue weighted by atomic mass is 10.0. The largest absolute Gasteiger partial charge is 0.394 e. The summed E-state index contributed by atoms with van der Waals surface area (Å²) in [7, 11) is 0. The first-order valence-corrected chi connectivity index (χ1v) is 14.0. The maximum atomic E-state index is 12.2. The molecular weight excluding hydrogens is 414 g/mol. The van der Waals surface area contributed by atoms with Crippen LogP contribution >= 0.6 is 0 Å². The highest BCUT2D eigenvalue weighted by Crippen LogP contribution is 2.13. The second-order valence-corrected chi connectivity index (χ2v) is 9.60. The minimum absolute atomic E-state index is 0.161. The molecule has 0 spiro atoms. The average molecular weight is 470 g/mol. The van der Waals surface area contributed by atoms with Crippen molar-refractivity contribution in [2.75, 3.05) is 6.61 Å². The Morgan fingerprint density at radius 1 is 0.727 bits per heavy atom. The van der Waals surface area contributed by atoms with E-state index in [1.54, 1.807) is 0 Å². The highest BCUT2D eigenvalue weighted by atomic mass is 16.3. The molecule has 5 nitrogen and oxygen atoms in total. The van der Waals surface area contributed by atoms with Gasteiger partial charge in [-0.05, 0) is 38.5 Å². The molecule has 0 bridgehead atoms. The minimum Gasteiger partial charge on any atom is -0.394 e. The van der Waals surface area contributed by atoms with E-state index in [1.165, 1.54) is 70.6 Å². The molecular formula is C28H55NO4. The number of carbonyl (C=O) groups excluding carboxylic acids is 1. The highest BCUT2D eigenvalue weighted by Gasteiger charge is 2.26. The van der Waals surface area contributed by atoms with Crippen molar-refractivity contribution in [1.82, 2.24) is 5.32 Å². The van der Waals surface area contributed by atoms with Crippen LogP contribution in [0, 0.1) is 0 Å². The lowest BCUT2D eigenvalue weighted by Crippen LogP contribution is -2.50. The van der Waals surface area contributed by atoms with Crippen LogP contribution in [0.3, 0.4) is 0 Å². The van der Waals surface area contributed by atoms with Gasteiger partial charge in [0.25, 0.3) is 0 Å². The topological polar surface area (TPSA) is 89.8 Å². The van der Waals surface area contributed by atoms with Crippen molar-refractivity contribution in [2.45, 2.75) is 154 Å². The zero-order chi connectivity index (χ0) is 24.6. The van der Waals surface area contributed by atoms with Crippen LogP contribution in [0.25, 0.3) is 0 Å². The first-order chi connectivity index (χ1) is 16.1. The number of rotatable bonds is 24. The number of aliphatic hydroxyl groups is 3. The van der Waals surface area contributed by atoms with Crippen LogP contribution in [0.15, 0.2) is 12.2 Å². The Hall–Kier alpha value is -0.910. The summed E-state index contributed by atoms with van der Waals surface area (Å²) in [5, 5.41) is 32.9. The van der Waals surface area contributed by atoms with Crippen LogP contribution in [0.4, 0.5) is 0 Å². The van der Waals surface area contributed by atoms with Crippen molar-refractivity contribution in [1.29, 1.82) is 0 Å². The van der Waals surface area contributed by atoms with E-state index in [1.807, 2.05) is 0 Å². The molecule has 0 aliphatic rings. The van der Waals surface area contributed by atoms with Crippen LogP contribution in [-0.4, -0.2) is 46.1 Å². The molecule has 0 heterocycles. The molecule has 0 aromatic carbocycles. The third-order valence-corrected chi connectivity index (χ3v) is 6.37. The predicted molar refractivity (Wildman–Crippen MR) is 139 cm³/mol. The van der Waals surface area contributed by atoms with Gasteiger partial charge in [0.2, 0.25) is 5.91 Å². The van der Waals surface area contributed by atoms with Gasteiger partial charge in [0.15, 0.2) is 0 Å². The summed E-state index contributed by atoms with van der Waals surface area (Å²) in [5.41, 5.74) is 0. The Bertz CT molecular complexity index is 455. The fourth-order valence-electron chi connectivity index (χ4n) is 4.10. The molecule has 5 heteroatoms. The molecule has 0 radical (unpaired) electrons. The molecule has 196 valence electrons. The van der Waals surface area contributed by atoms with Gasteiger partial charge in [0.05, 0.1) is 18.8 Å². The van der Waals surface area contributed by atoms with E-state index in [-0.39, 0.29) is 12.5 Å². The molecule has 0 fully saturated rings. The zero-order valence-corrected chi connectivity index (χ0v) is 21.8. The van der Waals surface area contributed by atoms with Gasteiger partial charge in [-0.15, -0.1) is 0 Å². The van der Waals surface area contributed by atoms with Gasteiger partial charge in [0, 0.05) is 6.42 Å². The number of aliphatic hydroxyl groups excluding tert-OH is 3. The van der Waals surface area contributed by atoms with E-state index in [0.717, 1.165) is 38.5 Å². The van der Waals surface area contributed by atoms with Crippen LogP contribution in [0.5, 0.6) is 0 Å². The van der Waals surface area contributed by atoms with Crippen molar-refractivity contribution in [3.8, 4) is 0 Å². The van der Waals surface area contributed by atoms with E-state index in [4.69, 9.17) is 0 Å². The van der Waals surface area contributed by atoms with Gasteiger partial charge in [0.1, 0.15) is 6.10 Å². The van der Waals surface area contributed by atoms with Crippen molar-refractivity contribution >= 4 is 5.91 Å². The Morgan fingerprint density at radius 3 is 1.76 bits per heavy atom. The molecule has 3 unspecified atom stereocenters. The molecule has 0 aromatic rings. The van der Waals surface area contributed by atoms with Gasteiger partial charge in [-0.1, -0.05) is 103 Å². The van der Waals surface area contributed by atoms with Gasteiger partial charge in [-0.2, -0.15) is 0 Å². The summed E-state index contributed by atoms with van der Waals surface area (Å²) in [6.07, 6.45) is 23.0. The monoisotopic (exact) mass is 469 g/mol. The molecule has 0 aromatic heterocycles. The summed E-state index contributed by atoms with van der Waals surface area (Å²) in [6, 6.07) is -0.815. The van der Waals surface area contributed by atoms with Crippen LogP contribution < -0.4 is 5.32 Å². The quantitative estimate of drug-likeness (QED) is 0.100. The third-order valence-electron chi connectivity index (χ3n) is 6.37. The van der Waals surface area contributed by atoms with Gasteiger partial charge >= 0.3 is 0 Å². The summed E-state index contributed by atoms with van der Waals surface area (Å²) in [4.78, 5) is 12.2. The van der Waals surface area contributed by atoms with Crippen molar-refractivity contribution in [3.63, 3.8) is 0 Å². The molecule has 0 saturated heterocycles. The Morgan fingerprint density at radius 2 is 1.21 bits per heavy atom. The number of allylic oxidation sites excluding steroid dienone is 2. The number of carbonyl (C=O) groups is 1. The first-order valence-electron chi connectivity index (χ1n) is 14.0. The fourth-order valence-corrected chi connectivity index (χ4v) is 4.10. The summed E-state index contributed by atoms with van der Waals surface area (Å²) in [6.45, 7) is 4.07. The lowest BCUT2D eigenvalue weighted by Gasteiger charge is -2.26. The van der Waals surface area contributed by atoms with Gasteiger partial charge in [-0.25, -0.2) is 0 Å². The number of hydrogen-bond donors (Lipinski definition) is 4. The molecule has 0 aliphatic carbocycles. The van der Waals surface area contributed by atoms with E-state index in [2.05, 4.69) is 31.3 Å². The SMILES string of the molecule is CCCCCC/C=C/CCCC(O)C(O)C(CO)NC(=O)CCCCCCCCCCCC. The zero-order valence-electron chi connectivity index (χ0n) is 21.8. The highest BCUT2D eigenvalue weighted by molar-refractivity contribution is 5.76. The Kier molecular flexibility index (Phi) is 23.6. The minimum atomic E-state index is -1.15. The lowest BCUT2D eigenvalue weighted by molar-refractivity contribution is -0.124. The summed E-state index contributed by atoms with van der Waals surface area (Å²) < 4.78 is 0. The molecule has 4 N–H and O–H groups in total. The number of hydrogen-bond acceptors (Lipinski definition) is 4. The Balaban J connectivity index is 3.86. The second-order valence-electron chi connectivity index (χ2n) is 9.60. The van der Waals surface area contributed by atoms with Crippen molar-refractivity contribution in [3.05, 3.63) is 12.2 Å². The molecule has 0 saturated carbocycles. The van der Waals surface area contributed by atoms with Crippen LogP contribution in [0.2, 0.25) is 0 Å². The van der Waals surface area contributed by atoms with Gasteiger partial charge < -0.3 is 20.6 Å². The van der Waals surface area contributed by atoms with Crippen molar-refractivity contribution < 1.29 is 20.1 Å². The third kappa shape index (κ3) is 20.2. The van der Waals surface area contributed by atoms with Crippen LogP contribution in [0.1, 0.15) is 136 Å². The number of nitrogens with one attached hydrogen (secondary N) is 1. The smallest absolute Gasteiger partial charge is 0.220 e. The molecule has 33 heavy (non-hydrogen) atoms. The standard InChI is InChI=1S/C28H55NO4/c1-3-5-7-9-11-13-15-17-19-21-23-27(32)29-25(24-30)28(33)26(31)22-20-18-16-14-12-10-8-6-4-2/h14,16,25-26,28,30-31,33H,3-13,15,17-24H2,1-2H3,(H,29,32)/b16-14+. The van der Waals surface area contributed by atoms with E-state index < -0.39 is 18.2 Å². The number of amides is 1. The summed E-state index contributed by atoms with van der Waals surface area (Å²) in [5.74, 6) is -0.161. The predicted octanol–water partition coefficient (Wildman–Crippen LogP) is 6.19. The van der Waals surface area contributed by atoms with E-state index >= 15 is 0 Å². The normalized spacial score (nSPS) is 14.5. The maximum absolute atomic E-state index is 12.2. The first kappa shape index (κ1) is 32.1. The molecule has 3 atom stereocenters. The van der Waals surface area contributed by atoms with Crippen LogP contribution in [-0.2, 0) is 4.79 Å². The number of unbranched alkanes of at least 4 members (excludes halogenated alkanes) is 14. The molecule has 0 rings (SSSR count). The second kappa shape index (κ2) is 24.2. The summed E-state index contributed by atoms with van der Waals surface area (Å²) >= 11 is 0.